The van der Waals surface area contributed by atoms with Gasteiger partial charge in [0.05, 0.1) is 5.60 Å². The molecule has 5 heteroatoms. The zero-order valence-corrected chi connectivity index (χ0v) is 20.0. The van der Waals surface area contributed by atoms with E-state index in [0.29, 0.717) is 5.41 Å². The summed E-state index contributed by atoms with van der Waals surface area (Å²) in [6.45, 7) is 13.1. The molecular weight excluding hydrogens is 386 g/mol. The number of aliphatic hydroxyl groups is 1. The number of rotatable bonds is 3. The summed E-state index contributed by atoms with van der Waals surface area (Å²) in [5, 5.41) is 11.3. The van der Waals surface area contributed by atoms with Crippen molar-refractivity contribution in [3.63, 3.8) is 0 Å². The lowest BCUT2D eigenvalue weighted by molar-refractivity contribution is -0.0718. The van der Waals surface area contributed by atoms with Crippen LogP contribution >= 0.6 is 0 Å². The summed E-state index contributed by atoms with van der Waals surface area (Å²) in [5.74, 6) is 0.201. The van der Waals surface area contributed by atoms with Gasteiger partial charge in [0, 0.05) is 51.4 Å². The van der Waals surface area contributed by atoms with E-state index < -0.39 is 5.60 Å². The molecule has 1 amide bonds. The predicted molar refractivity (Wildman–Crippen MR) is 126 cm³/mol. The van der Waals surface area contributed by atoms with E-state index in [9.17, 15) is 9.90 Å². The highest BCUT2D eigenvalue weighted by atomic mass is 16.3. The molecule has 1 saturated carbocycles. The van der Waals surface area contributed by atoms with Gasteiger partial charge in [-0.1, -0.05) is 17.7 Å². The highest BCUT2D eigenvalue weighted by Gasteiger charge is 2.44. The van der Waals surface area contributed by atoms with Crippen LogP contribution < -0.4 is 0 Å². The zero-order chi connectivity index (χ0) is 22.2. The minimum atomic E-state index is -0.524. The lowest BCUT2D eigenvalue weighted by Crippen LogP contribution is -2.54. The number of carbonyl (C=O) groups is 1. The van der Waals surface area contributed by atoms with Crippen molar-refractivity contribution >= 4 is 5.91 Å². The Morgan fingerprint density at radius 3 is 1.97 bits per heavy atom. The molecule has 0 radical (unpaired) electrons. The Morgan fingerprint density at radius 2 is 1.42 bits per heavy atom. The van der Waals surface area contributed by atoms with Crippen LogP contribution in [0.25, 0.3) is 0 Å². The summed E-state index contributed by atoms with van der Waals surface area (Å²) >= 11 is 0. The van der Waals surface area contributed by atoms with Crippen molar-refractivity contribution in [3.05, 3.63) is 34.4 Å². The van der Waals surface area contributed by atoms with Gasteiger partial charge in [0.2, 0.25) is 0 Å². The Morgan fingerprint density at radius 1 is 0.871 bits per heavy atom. The van der Waals surface area contributed by atoms with Gasteiger partial charge in [-0.25, -0.2) is 0 Å². The van der Waals surface area contributed by atoms with Gasteiger partial charge in [0.25, 0.3) is 5.91 Å². The molecule has 1 aromatic carbocycles. The van der Waals surface area contributed by atoms with Crippen LogP contribution in [0.4, 0.5) is 0 Å². The molecule has 1 N–H and O–H groups in total. The van der Waals surface area contributed by atoms with Crippen molar-refractivity contribution in [2.45, 2.75) is 64.9 Å². The highest BCUT2D eigenvalue weighted by molar-refractivity contribution is 5.97. The second-order valence-corrected chi connectivity index (χ2v) is 10.9. The third-order valence-corrected chi connectivity index (χ3v) is 8.36. The van der Waals surface area contributed by atoms with Crippen LogP contribution in [0.3, 0.4) is 0 Å². The van der Waals surface area contributed by atoms with Gasteiger partial charge in [0.1, 0.15) is 0 Å². The first kappa shape index (κ1) is 22.8. The molecule has 0 bridgehead atoms. The van der Waals surface area contributed by atoms with Gasteiger partial charge in [-0.3, -0.25) is 9.69 Å². The Kier molecular flexibility index (Phi) is 6.49. The maximum atomic E-state index is 13.2. The molecule has 0 atom stereocenters. The fraction of sp³-hybridized carbons (Fsp3) is 0.731. The van der Waals surface area contributed by atoms with E-state index >= 15 is 0 Å². The molecule has 2 heterocycles. The van der Waals surface area contributed by atoms with E-state index in [4.69, 9.17) is 0 Å². The SMILES string of the molecule is Cc1cc(C)c(C(=O)N2CCC3(CC2)CCC(O)(CN2CCN(C)CC2)CC3)c(C)c1. The van der Waals surface area contributed by atoms with E-state index in [-0.39, 0.29) is 5.91 Å². The number of nitrogens with zero attached hydrogens (tertiary/aromatic N) is 3. The normalized spacial score (nSPS) is 24.5. The molecule has 1 aliphatic carbocycles. The number of carbonyl (C=O) groups excluding carboxylic acids is 1. The summed E-state index contributed by atoms with van der Waals surface area (Å²) < 4.78 is 0. The third-order valence-electron chi connectivity index (χ3n) is 8.36. The van der Waals surface area contributed by atoms with Crippen molar-refractivity contribution < 1.29 is 9.90 Å². The molecule has 2 saturated heterocycles. The number of benzene rings is 1. The van der Waals surface area contributed by atoms with Crippen molar-refractivity contribution in [2.75, 3.05) is 52.9 Å². The molecule has 31 heavy (non-hydrogen) atoms. The van der Waals surface area contributed by atoms with Crippen LogP contribution in [0.2, 0.25) is 0 Å². The molecule has 3 aliphatic rings. The Bertz CT molecular complexity index is 772. The van der Waals surface area contributed by atoms with Crippen LogP contribution in [0.1, 0.15) is 65.6 Å². The van der Waals surface area contributed by atoms with Crippen LogP contribution in [0.5, 0.6) is 0 Å². The highest BCUT2D eigenvalue weighted by Crippen LogP contribution is 2.48. The number of hydrogen-bond acceptors (Lipinski definition) is 4. The number of likely N-dealkylation sites (tertiary alicyclic amines) is 1. The number of aryl methyl sites for hydroxylation is 3. The fourth-order valence-corrected chi connectivity index (χ4v) is 6.19. The van der Waals surface area contributed by atoms with E-state index in [0.717, 1.165) is 101 Å². The van der Waals surface area contributed by atoms with Crippen molar-refractivity contribution in [2.24, 2.45) is 5.41 Å². The van der Waals surface area contributed by atoms with E-state index in [1.54, 1.807) is 0 Å². The number of likely N-dealkylation sites (N-methyl/N-ethyl adjacent to an activating group) is 1. The quantitative estimate of drug-likeness (QED) is 0.803. The summed E-state index contributed by atoms with van der Waals surface area (Å²) in [4.78, 5) is 20.1. The average Bonchev–Trinajstić information content (AvgIpc) is 2.72. The third kappa shape index (κ3) is 4.99. The molecular formula is C26H41N3O2. The number of β-amino-alcohol motifs (C(OH)–C–C–N with tert-alkyl or cyclic N) is 1. The molecule has 2 aliphatic heterocycles. The van der Waals surface area contributed by atoms with Crippen LogP contribution in [0, 0.1) is 26.2 Å². The van der Waals surface area contributed by atoms with E-state index in [2.05, 4.69) is 54.7 Å². The van der Waals surface area contributed by atoms with Crippen LogP contribution in [-0.4, -0.2) is 84.2 Å². The van der Waals surface area contributed by atoms with Crippen LogP contribution in [0.15, 0.2) is 12.1 Å². The molecule has 1 aromatic rings. The molecule has 3 fully saturated rings. The molecule has 0 aromatic heterocycles. The molecule has 172 valence electrons. The summed E-state index contributed by atoms with van der Waals surface area (Å²) in [6, 6.07) is 4.24. The second kappa shape index (κ2) is 8.84. The van der Waals surface area contributed by atoms with Gasteiger partial charge in [-0.05, 0) is 82.9 Å². The Hall–Kier alpha value is -1.43. The van der Waals surface area contributed by atoms with Gasteiger partial charge in [-0.2, -0.15) is 0 Å². The summed E-state index contributed by atoms with van der Waals surface area (Å²) in [6.07, 6.45) is 6.16. The van der Waals surface area contributed by atoms with Gasteiger partial charge in [0.15, 0.2) is 0 Å². The lowest BCUT2D eigenvalue weighted by atomic mass is 9.64. The standard InChI is InChI=1S/C26H41N3O2/c1-20-17-21(2)23(22(3)18-20)24(30)29-11-9-25(10-12-29)5-7-26(31,8-6-25)19-28-15-13-27(4)14-16-28/h17-18,31H,5-16,19H2,1-4H3. The largest absolute Gasteiger partial charge is 0.389 e. The number of amides is 1. The first-order valence-electron chi connectivity index (χ1n) is 12.2. The molecule has 0 unspecified atom stereocenters. The van der Waals surface area contributed by atoms with Crippen molar-refractivity contribution in [1.29, 1.82) is 0 Å². The number of piperazine rings is 1. The molecule has 4 rings (SSSR count). The topological polar surface area (TPSA) is 47.0 Å². The minimum Gasteiger partial charge on any atom is -0.389 e. The first-order valence-corrected chi connectivity index (χ1v) is 12.2. The minimum absolute atomic E-state index is 0.201. The first-order chi connectivity index (χ1) is 14.7. The van der Waals surface area contributed by atoms with Gasteiger partial charge < -0.3 is 14.9 Å². The number of hydrogen-bond donors (Lipinski definition) is 1. The van der Waals surface area contributed by atoms with E-state index in [1.807, 2.05) is 0 Å². The average molecular weight is 428 g/mol. The monoisotopic (exact) mass is 427 g/mol. The van der Waals surface area contributed by atoms with Gasteiger partial charge >= 0.3 is 0 Å². The molecule has 1 spiro atoms. The second-order valence-electron chi connectivity index (χ2n) is 10.9. The number of piperidine rings is 1. The summed E-state index contributed by atoms with van der Waals surface area (Å²) in [5.41, 5.74) is 4.10. The summed E-state index contributed by atoms with van der Waals surface area (Å²) in [7, 11) is 2.18. The predicted octanol–water partition coefficient (Wildman–Crippen LogP) is 3.39. The maximum Gasteiger partial charge on any atom is 0.254 e. The maximum absolute atomic E-state index is 13.2. The zero-order valence-electron chi connectivity index (χ0n) is 20.0. The van der Waals surface area contributed by atoms with Crippen molar-refractivity contribution in [1.82, 2.24) is 14.7 Å². The molecule has 5 nitrogen and oxygen atoms in total. The lowest BCUT2D eigenvalue weighted by Gasteiger charge is -2.49. The fourth-order valence-electron chi connectivity index (χ4n) is 6.19. The van der Waals surface area contributed by atoms with Crippen LogP contribution in [-0.2, 0) is 0 Å². The Balaban J connectivity index is 1.31. The Labute approximate surface area is 188 Å². The van der Waals surface area contributed by atoms with Crippen molar-refractivity contribution in [3.8, 4) is 0 Å². The van der Waals surface area contributed by atoms with E-state index in [1.165, 1.54) is 5.56 Å². The smallest absolute Gasteiger partial charge is 0.254 e. The van der Waals surface area contributed by atoms with Gasteiger partial charge in [-0.15, -0.1) is 0 Å².